The van der Waals surface area contributed by atoms with Gasteiger partial charge in [0.1, 0.15) is 4.21 Å². The lowest BCUT2D eigenvalue weighted by Gasteiger charge is -2.10. The highest BCUT2D eigenvalue weighted by molar-refractivity contribution is 9.11. The molecule has 0 radical (unpaired) electrons. The van der Waals surface area contributed by atoms with Gasteiger partial charge in [-0.3, -0.25) is 4.72 Å². The van der Waals surface area contributed by atoms with Gasteiger partial charge in [0.05, 0.1) is 11.3 Å². The van der Waals surface area contributed by atoms with Crippen LogP contribution in [-0.2, 0) is 10.0 Å². The Balaban J connectivity index is 2.38. The molecule has 0 aliphatic carbocycles. The van der Waals surface area contributed by atoms with Crippen molar-refractivity contribution in [1.82, 2.24) is 0 Å². The van der Waals surface area contributed by atoms with Gasteiger partial charge in [0, 0.05) is 14.3 Å². The number of anilines is 1. The number of carboxylic acid groups (broad SMARTS) is 1. The molecule has 2 aromatic rings. The van der Waals surface area contributed by atoms with Crippen molar-refractivity contribution in [2.75, 3.05) is 4.72 Å². The van der Waals surface area contributed by atoms with Crippen molar-refractivity contribution in [2.24, 2.45) is 0 Å². The Labute approximate surface area is 135 Å². The van der Waals surface area contributed by atoms with Crippen molar-refractivity contribution in [2.45, 2.75) is 4.21 Å². The van der Waals surface area contributed by atoms with E-state index in [0.717, 1.165) is 17.4 Å². The first-order valence-corrected chi connectivity index (χ1v) is 9.05. The number of rotatable bonds is 4. The minimum Gasteiger partial charge on any atom is -0.478 e. The summed E-state index contributed by atoms with van der Waals surface area (Å²) in [6.07, 6.45) is 0. The highest BCUT2D eigenvalue weighted by atomic mass is 79.9. The fourth-order valence-corrected chi connectivity index (χ4v) is 5.06. The summed E-state index contributed by atoms with van der Waals surface area (Å²) in [5.74, 6) is -1.16. The second kappa shape index (κ2) is 5.84. The Morgan fingerprint density at radius 2 is 1.85 bits per heavy atom. The topological polar surface area (TPSA) is 83.5 Å². The number of aromatic carboxylic acids is 1. The van der Waals surface area contributed by atoms with Crippen LogP contribution in [-0.4, -0.2) is 19.5 Å². The van der Waals surface area contributed by atoms with Crippen molar-refractivity contribution in [3.8, 4) is 0 Å². The molecule has 5 nitrogen and oxygen atoms in total. The van der Waals surface area contributed by atoms with E-state index < -0.39 is 16.0 Å². The summed E-state index contributed by atoms with van der Waals surface area (Å²) in [5, 5.41) is 10.1. The molecule has 0 saturated carbocycles. The second-order valence-corrected chi connectivity index (χ2v) is 8.19. The number of halogens is 2. The molecule has 0 amide bonds. The molecule has 2 rings (SSSR count). The van der Waals surface area contributed by atoms with Crippen molar-refractivity contribution >= 4 is 64.9 Å². The molecule has 106 valence electrons. The van der Waals surface area contributed by atoms with Gasteiger partial charge in [-0.25, -0.2) is 13.2 Å². The standard InChI is InChI=1S/C11H7Br2NO4S2/c12-7-2-1-3-8(13)10(7)14-20(17,18)9-4-6(5-19-9)11(15)16/h1-5,14H,(H,15,16). The third kappa shape index (κ3) is 3.22. The van der Waals surface area contributed by atoms with Crippen LogP contribution in [0.5, 0.6) is 0 Å². The fourth-order valence-electron chi connectivity index (χ4n) is 1.35. The summed E-state index contributed by atoms with van der Waals surface area (Å²) in [6, 6.07) is 6.26. The van der Waals surface area contributed by atoms with Crippen molar-refractivity contribution in [1.29, 1.82) is 0 Å². The van der Waals surface area contributed by atoms with Gasteiger partial charge in [0.25, 0.3) is 10.0 Å². The molecule has 0 fully saturated rings. The molecule has 1 heterocycles. The maximum atomic E-state index is 12.2. The molecule has 0 spiro atoms. The minimum atomic E-state index is -3.83. The average Bonchev–Trinajstić information content (AvgIpc) is 2.84. The van der Waals surface area contributed by atoms with E-state index in [4.69, 9.17) is 5.11 Å². The molecule has 2 N–H and O–H groups in total. The average molecular weight is 441 g/mol. The van der Waals surface area contributed by atoms with Gasteiger partial charge in [0.2, 0.25) is 0 Å². The first-order valence-electron chi connectivity index (χ1n) is 5.10. The number of benzene rings is 1. The molecule has 9 heteroatoms. The summed E-state index contributed by atoms with van der Waals surface area (Å²) in [6.45, 7) is 0. The predicted molar refractivity (Wildman–Crippen MR) is 83.9 cm³/mol. The fraction of sp³-hybridized carbons (Fsp3) is 0. The van der Waals surface area contributed by atoms with E-state index in [1.807, 2.05) is 0 Å². The van der Waals surface area contributed by atoms with E-state index in [-0.39, 0.29) is 9.77 Å². The summed E-state index contributed by atoms with van der Waals surface area (Å²) in [5.41, 5.74) is 0.305. The van der Waals surface area contributed by atoms with E-state index in [2.05, 4.69) is 36.6 Å². The predicted octanol–water partition coefficient (Wildman–Crippen LogP) is 3.77. The Kier molecular flexibility index (Phi) is 4.52. The summed E-state index contributed by atoms with van der Waals surface area (Å²) < 4.78 is 27.9. The zero-order valence-corrected chi connectivity index (χ0v) is 14.4. The van der Waals surface area contributed by atoms with Gasteiger partial charge in [-0.2, -0.15) is 0 Å². The molecule has 0 aliphatic rings. The minimum absolute atomic E-state index is 0.0541. The molecule has 0 unspecified atom stereocenters. The van der Waals surface area contributed by atoms with E-state index in [1.165, 1.54) is 5.38 Å². The SMILES string of the molecule is O=C(O)c1csc(S(=O)(=O)Nc2c(Br)cccc2Br)c1. The van der Waals surface area contributed by atoms with Crippen LogP contribution in [0.25, 0.3) is 0 Å². The van der Waals surface area contributed by atoms with Gasteiger partial charge < -0.3 is 5.11 Å². The Morgan fingerprint density at radius 3 is 2.35 bits per heavy atom. The number of para-hydroxylation sites is 1. The Bertz CT molecular complexity index is 750. The first-order chi connectivity index (χ1) is 9.31. The third-order valence-electron chi connectivity index (χ3n) is 2.29. The Morgan fingerprint density at radius 1 is 1.25 bits per heavy atom. The van der Waals surface area contributed by atoms with E-state index in [0.29, 0.717) is 14.6 Å². The number of sulfonamides is 1. The number of carboxylic acids is 1. The summed E-state index contributed by atoms with van der Waals surface area (Å²) in [4.78, 5) is 10.8. The van der Waals surface area contributed by atoms with E-state index in [9.17, 15) is 13.2 Å². The first kappa shape index (κ1) is 15.5. The van der Waals surface area contributed by atoms with Gasteiger partial charge in [-0.1, -0.05) is 6.07 Å². The number of thiophene rings is 1. The highest BCUT2D eigenvalue weighted by Crippen LogP contribution is 2.33. The van der Waals surface area contributed by atoms with Gasteiger partial charge in [0.15, 0.2) is 0 Å². The third-order valence-corrected chi connectivity index (χ3v) is 6.40. The Hall–Kier alpha value is -0.900. The monoisotopic (exact) mass is 439 g/mol. The number of hydrogen-bond donors (Lipinski definition) is 2. The van der Waals surface area contributed by atoms with Crippen LogP contribution in [0.15, 0.2) is 42.8 Å². The molecular weight excluding hydrogens is 434 g/mol. The van der Waals surface area contributed by atoms with Crippen LogP contribution >= 0.6 is 43.2 Å². The van der Waals surface area contributed by atoms with Crippen molar-refractivity contribution in [3.63, 3.8) is 0 Å². The largest absolute Gasteiger partial charge is 0.478 e. The quantitative estimate of drug-likeness (QED) is 0.757. The number of carbonyl (C=O) groups is 1. The van der Waals surface area contributed by atoms with Crippen molar-refractivity contribution < 1.29 is 18.3 Å². The number of hydrogen-bond acceptors (Lipinski definition) is 4. The lowest BCUT2D eigenvalue weighted by molar-refractivity contribution is 0.0697. The van der Waals surface area contributed by atoms with Gasteiger partial charge in [-0.15, -0.1) is 11.3 Å². The van der Waals surface area contributed by atoms with Gasteiger partial charge >= 0.3 is 5.97 Å². The van der Waals surface area contributed by atoms with Crippen LogP contribution < -0.4 is 4.72 Å². The van der Waals surface area contributed by atoms with Gasteiger partial charge in [-0.05, 0) is 50.1 Å². The maximum Gasteiger partial charge on any atom is 0.336 e. The molecule has 0 atom stereocenters. The lowest BCUT2D eigenvalue weighted by Crippen LogP contribution is -2.12. The zero-order valence-electron chi connectivity index (χ0n) is 9.63. The van der Waals surface area contributed by atoms with Crippen molar-refractivity contribution in [3.05, 3.63) is 44.2 Å². The zero-order chi connectivity index (χ0) is 14.9. The van der Waals surface area contributed by atoms with E-state index in [1.54, 1.807) is 18.2 Å². The van der Waals surface area contributed by atoms with Crippen LogP contribution in [0.3, 0.4) is 0 Å². The van der Waals surface area contributed by atoms with Crippen LogP contribution in [0, 0.1) is 0 Å². The second-order valence-electron chi connectivity index (χ2n) is 3.66. The highest BCUT2D eigenvalue weighted by Gasteiger charge is 2.21. The smallest absolute Gasteiger partial charge is 0.336 e. The molecule has 1 aromatic heterocycles. The number of nitrogens with one attached hydrogen (secondary N) is 1. The molecule has 0 bridgehead atoms. The van der Waals surface area contributed by atoms with Crippen LogP contribution in [0.2, 0.25) is 0 Å². The molecule has 0 aliphatic heterocycles. The van der Waals surface area contributed by atoms with Crippen LogP contribution in [0.1, 0.15) is 10.4 Å². The lowest BCUT2D eigenvalue weighted by atomic mass is 10.3. The summed E-state index contributed by atoms with van der Waals surface area (Å²) in [7, 11) is -3.83. The molecular formula is C11H7Br2NO4S2. The maximum absolute atomic E-state index is 12.2. The molecule has 1 aromatic carbocycles. The normalized spacial score (nSPS) is 11.3. The molecule has 20 heavy (non-hydrogen) atoms. The molecule has 0 saturated heterocycles. The summed E-state index contributed by atoms with van der Waals surface area (Å²) >= 11 is 7.36. The van der Waals surface area contributed by atoms with E-state index >= 15 is 0 Å². The van der Waals surface area contributed by atoms with Crippen LogP contribution in [0.4, 0.5) is 5.69 Å².